The number of ether oxygens (including phenoxy) is 1. The van der Waals surface area contributed by atoms with E-state index in [2.05, 4.69) is 4.98 Å². The summed E-state index contributed by atoms with van der Waals surface area (Å²) in [7, 11) is 0. The van der Waals surface area contributed by atoms with E-state index >= 15 is 0 Å². The van der Waals surface area contributed by atoms with Gasteiger partial charge in [-0.25, -0.2) is 9.78 Å². The molecule has 96 valence electrons. The zero-order valence-electron chi connectivity index (χ0n) is 10.3. The Morgan fingerprint density at radius 2 is 2.28 bits per heavy atom. The van der Waals surface area contributed by atoms with Gasteiger partial charge in [-0.2, -0.15) is 0 Å². The molecule has 1 aromatic heterocycles. The lowest BCUT2D eigenvalue weighted by Crippen LogP contribution is -2.19. The highest BCUT2D eigenvalue weighted by Crippen LogP contribution is 2.48. The monoisotopic (exact) mass is 246 g/mol. The number of nitrogens with two attached hydrogens (primary N) is 1. The highest BCUT2D eigenvalue weighted by molar-refractivity contribution is 5.87. The maximum atomic E-state index is 11.8. The number of anilines is 1. The maximum Gasteiger partial charge on any atom is 0.356 e. The van der Waals surface area contributed by atoms with Crippen LogP contribution in [0.4, 0.5) is 5.69 Å². The predicted molar refractivity (Wildman–Crippen MR) is 67.9 cm³/mol. The number of aromatic nitrogens is 1. The molecule has 2 aliphatic carbocycles. The standard InChI is InChI=1S/C14H18N2O2/c15-12-3-4-13(16-7-12)14(17)18-8-11-6-9-1-2-10(11)5-9/h3-4,7,9-11H,1-2,5-6,8,15H2. The van der Waals surface area contributed by atoms with Crippen molar-refractivity contribution < 1.29 is 9.53 Å². The van der Waals surface area contributed by atoms with Gasteiger partial charge in [0.15, 0.2) is 0 Å². The van der Waals surface area contributed by atoms with Crippen molar-refractivity contribution in [3.05, 3.63) is 24.0 Å². The van der Waals surface area contributed by atoms with Gasteiger partial charge in [-0.15, -0.1) is 0 Å². The summed E-state index contributed by atoms with van der Waals surface area (Å²) in [6.07, 6.45) is 6.73. The van der Waals surface area contributed by atoms with Gasteiger partial charge >= 0.3 is 5.97 Å². The number of nitrogen functional groups attached to an aromatic ring is 1. The van der Waals surface area contributed by atoms with Crippen molar-refractivity contribution >= 4 is 11.7 Å². The number of carbonyl (C=O) groups excluding carboxylic acids is 1. The Kier molecular flexibility index (Phi) is 2.94. The number of nitrogens with zero attached hydrogens (tertiary/aromatic N) is 1. The minimum atomic E-state index is -0.335. The summed E-state index contributed by atoms with van der Waals surface area (Å²) in [5.74, 6) is 1.90. The van der Waals surface area contributed by atoms with Crippen molar-refractivity contribution in [3.8, 4) is 0 Å². The SMILES string of the molecule is Nc1ccc(C(=O)OCC2CC3CCC2C3)nc1. The van der Waals surface area contributed by atoms with Gasteiger partial charge in [0.1, 0.15) is 5.69 Å². The molecule has 0 amide bonds. The van der Waals surface area contributed by atoms with Gasteiger partial charge < -0.3 is 10.5 Å². The smallest absolute Gasteiger partial charge is 0.356 e. The topological polar surface area (TPSA) is 65.2 Å². The zero-order valence-corrected chi connectivity index (χ0v) is 10.3. The Morgan fingerprint density at radius 3 is 2.89 bits per heavy atom. The highest BCUT2D eigenvalue weighted by atomic mass is 16.5. The second-order valence-electron chi connectivity index (χ2n) is 5.51. The molecule has 4 nitrogen and oxygen atoms in total. The third-order valence-corrected chi connectivity index (χ3v) is 4.31. The first-order valence-corrected chi connectivity index (χ1v) is 6.61. The van der Waals surface area contributed by atoms with E-state index in [-0.39, 0.29) is 5.97 Å². The fourth-order valence-corrected chi connectivity index (χ4v) is 3.36. The Labute approximate surface area is 107 Å². The lowest BCUT2D eigenvalue weighted by Gasteiger charge is -2.20. The lowest BCUT2D eigenvalue weighted by molar-refractivity contribution is 0.0387. The van der Waals surface area contributed by atoms with Crippen LogP contribution in [0.15, 0.2) is 18.3 Å². The molecule has 2 N–H and O–H groups in total. The molecule has 3 rings (SSSR count). The first-order chi connectivity index (χ1) is 8.72. The quantitative estimate of drug-likeness (QED) is 0.831. The fraction of sp³-hybridized carbons (Fsp3) is 0.571. The molecular formula is C14H18N2O2. The number of hydrogen-bond donors (Lipinski definition) is 1. The molecule has 2 bridgehead atoms. The number of hydrogen-bond acceptors (Lipinski definition) is 4. The fourth-order valence-electron chi connectivity index (χ4n) is 3.36. The van der Waals surface area contributed by atoms with Crippen LogP contribution in [0.1, 0.15) is 36.2 Å². The molecule has 0 aromatic carbocycles. The van der Waals surface area contributed by atoms with E-state index in [9.17, 15) is 4.79 Å². The van der Waals surface area contributed by atoms with E-state index in [1.165, 1.54) is 31.9 Å². The summed E-state index contributed by atoms with van der Waals surface area (Å²) in [5, 5.41) is 0. The molecule has 0 saturated heterocycles. The Balaban J connectivity index is 1.54. The van der Waals surface area contributed by atoms with Crippen molar-refractivity contribution in [2.45, 2.75) is 25.7 Å². The van der Waals surface area contributed by atoms with Crippen LogP contribution in [0.2, 0.25) is 0 Å². The van der Waals surface area contributed by atoms with Crippen LogP contribution < -0.4 is 5.73 Å². The van der Waals surface area contributed by atoms with Crippen LogP contribution in [-0.2, 0) is 4.74 Å². The third kappa shape index (κ3) is 2.19. The maximum absolute atomic E-state index is 11.8. The second kappa shape index (κ2) is 4.59. The normalized spacial score (nSPS) is 29.4. The van der Waals surface area contributed by atoms with Gasteiger partial charge in [0.25, 0.3) is 0 Å². The molecule has 0 radical (unpaired) electrons. The Morgan fingerprint density at radius 1 is 1.39 bits per heavy atom. The number of carbonyl (C=O) groups is 1. The summed E-state index contributed by atoms with van der Waals surface area (Å²) in [6, 6.07) is 3.28. The minimum Gasteiger partial charge on any atom is -0.461 e. The molecular weight excluding hydrogens is 228 g/mol. The number of pyridine rings is 1. The van der Waals surface area contributed by atoms with Gasteiger partial charge in [-0.1, -0.05) is 6.42 Å². The predicted octanol–water partition coefficient (Wildman–Crippen LogP) is 2.26. The molecule has 1 heterocycles. The van der Waals surface area contributed by atoms with Crippen LogP contribution in [0.3, 0.4) is 0 Å². The van der Waals surface area contributed by atoms with Gasteiger partial charge in [-0.05, 0) is 49.1 Å². The number of esters is 1. The average molecular weight is 246 g/mol. The van der Waals surface area contributed by atoms with E-state index in [1.807, 2.05) is 0 Å². The third-order valence-electron chi connectivity index (χ3n) is 4.31. The van der Waals surface area contributed by atoms with Crippen molar-refractivity contribution in [2.75, 3.05) is 12.3 Å². The largest absolute Gasteiger partial charge is 0.461 e. The number of fused-ring (bicyclic) bond motifs is 2. The minimum absolute atomic E-state index is 0.335. The van der Waals surface area contributed by atoms with E-state index in [0.717, 1.165) is 11.8 Å². The molecule has 2 aliphatic rings. The molecule has 1 aromatic rings. The number of rotatable bonds is 3. The molecule has 4 heteroatoms. The molecule has 3 unspecified atom stereocenters. The van der Waals surface area contributed by atoms with Crippen molar-refractivity contribution in [1.82, 2.24) is 4.98 Å². The van der Waals surface area contributed by atoms with Crippen LogP contribution in [0.25, 0.3) is 0 Å². The molecule has 18 heavy (non-hydrogen) atoms. The molecule has 2 saturated carbocycles. The second-order valence-corrected chi connectivity index (χ2v) is 5.51. The van der Waals surface area contributed by atoms with Crippen LogP contribution >= 0.6 is 0 Å². The van der Waals surface area contributed by atoms with E-state index in [0.29, 0.717) is 23.9 Å². The van der Waals surface area contributed by atoms with Crippen molar-refractivity contribution in [3.63, 3.8) is 0 Å². The zero-order chi connectivity index (χ0) is 12.5. The van der Waals surface area contributed by atoms with Crippen molar-refractivity contribution in [2.24, 2.45) is 17.8 Å². The summed E-state index contributed by atoms with van der Waals surface area (Å²) in [5.41, 5.74) is 6.42. The Hall–Kier alpha value is -1.58. The average Bonchev–Trinajstić information content (AvgIpc) is 2.99. The van der Waals surface area contributed by atoms with Crippen LogP contribution in [0.5, 0.6) is 0 Å². The van der Waals surface area contributed by atoms with Gasteiger partial charge in [-0.3, -0.25) is 0 Å². The van der Waals surface area contributed by atoms with E-state index in [1.54, 1.807) is 12.1 Å². The highest BCUT2D eigenvalue weighted by Gasteiger charge is 2.39. The Bertz CT molecular complexity index is 444. The summed E-state index contributed by atoms with van der Waals surface area (Å²) in [4.78, 5) is 15.8. The van der Waals surface area contributed by atoms with Gasteiger partial charge in [0.05, 0.1) is 18.5 Å². The molecule has 0 spiro atoms. The van der Waals surface area contributed by atoms with Gasteiger partial charge in [0.2, 0.25) is 0 Å². The molecule has 0 aliphatic heterocycles. The summed E-state index contributed by atoms with van der Waals surface area (Å²) < 4.78 is 5.36. The lowest BCUT2D eigenvalue weighted by atomic mass is 9.90. The summed E-state index contributed by atoms with van der Waals surface area (Å²) in [6.45, 7) is 0.548. The van der Waals surface area contributed by atoms with E-state index < -0.39 is 0 Å². The van der Waals surface area contributed by atoms with Crippen LogP contribution in [0, 0.1) is 17.8 Å². The van der Waals surface area contributed by atoms with Gasteiger partial charge in [0, 0.05) is 0 Å². The van der Waals surface area contributed by atoms with Crippen molar-refractivity contribution in [1.29, 1.82) is 0 Å². The first kappa shape index (κ1) is 11.5. The first-order valence-electron chi connectivity index (χ1n) is 6.61. The molecule has 3 atom stereocenters. The summed E-state index contributed by atoms with van der Waals surface area (Å²) >= 11 is 0. The molecule has 2 fully saturated rings. The van der Waals surface area contributed by atoms with Crippen LogP contribution in [-0.4, -0.2) is 17.6 Å². The van der Waals surface area contributed by atoms with E-state index in [4.69, 9.17) is 10.5 Å².